The van der Waals surface area contributed by atoms with Gasteiger partial charge in [0.25, 0.3) is 0 Å². The first-order valence-electron chi connectivity index (χ1n) is 15.5. The number of carbonyl (C=O) groups excluding carboxylic acids is 4. The van der Waals surface area contributed by atoms with Gasteiger partial charge in [0, 0.05) is 13.0 Å². The number of benzene rings is 3. The molecule has 2 N–H and O–H groups in total. The molecule has 2 atom stereocenters. The minimum atomic E-state index is -2.00. The quantitative estimate of drug-likeness (QED) is 0.0951. The van der Waals surface area contributed by atoms with Crippen molar-refractivity contribution in [1.29, 1.82) is 0 Å². The molecule has 4 aromatic rings. The summed E-state index contributed by atoms with van der Waals surface area (Å²) in [5, 5.41) is 0. The van der Waals surface area contributed by atoms with Gasteiger partial charge < -0.3 is 18.9 Å². The van der Waals surface area contributed by atoms with Crippen LogP contribution in [0.4, 0.5) is 0 Å². The Labute approximate surface area is 279 Å². The lowest BCUT2D eigenvalue weighted by Crippen LogP contribution is -2.47. The zero-order chi connectivity index (χ0) is 35.0. The third-order valence-corrected chi connectivity index (χ3v) is 7.13. The average Bonchev–Trinajstić information content (AvgIpc) is 3.11. The zero-order valence-electron chi connectivity index (χ0n) is 26.4. The number of nitrogens with one attached hydrogen (secondary N) is 2. The summed E-state index contributed by atoms with van der Waals surface area (Å²) in [6, 6.07) is 25.1. The predicted molar refractivity (Wildman–Crippen MR) is 173 cm³/mol. The zero-order valence-corrected chi connectivity index (χ0v) is 26.4. The van der Waals surface area contributed by atoms with Gasteiger partial charge in [-0.3, -0.25) is 14.8 Å². The highest BCUT2D eigenvalue weighted by Gasteiger charge is 2.43. The van der Waals surface area contributed by atoms with E-state index >= 15 is 0 Å². The third kappa shape index (κ3) is 11.3. The molecule has 0 aliphatic carbocycles. The van der Waals surface area contributed by atoms with E-state index in [0.717, 1.165) is 4.57 Å². The first kappa shape index (κ1) is 35.8. The smallest absolute Gasteiger partial charge is 0.352 e. The van der Waals surface area contributed by atoms with Gasteiger partial charge >= 0.3 is 40.9 Å². The lowest BCUT2D eigenvalue weighted by atomic mass is 10.1. The molecule has 0 aliphatic heterocycles. The Hall–Kier alpha value is -6.05. The normalized spacial score (nSPS) is 11.9. The summed E-state index contributed by atoms with van der Waals surface area (Å²) in [7, 11) is 0. The van der Waals surface area contributed by atoms with Gasteiger partial charge in [-0.25, -0.2) is 33.3 Å². The predicted octanol–water partition coefficient (Wildman–Crippen LogP) is 2.80. The SMILES string of the molecule is O=C(CCCCCCn1c(=O)[nH]c(=O)[nH]c1=O)O[C@@H](C(=O)OCc1ccccc1)[C@@H](OC(=O)c1ccccc1)C(=O)OCc1ccccc1. The molecule has 256 valence electrons. The van der Waals surface area contributed by atoms with Gasteiger partial charge in [0.05, 0.1) is 5.56 Å². The van der Waals surface area contributed by atoms with Crippen LogP contribution in [0.1, 0.15) is 53.6 Å². The van der Waals surface area contributed by atoms with Crippen LogP contribution in [0.2, 0.25) is 0 Å². The lowest BCUT2D eigenvalue weighted by molar-refractivity contribution is -0.185. The van der Waals surface area contributed by atoms with Crippen LogP contribution in [0, 0.1) is 0 Å². The van der Waals surface area contributed by atoms with Gasteiger partial charge in [-0.2, -0.15) is 0 Å². The van der Waals surface area contributed by atoms with Crippen molar-refractivity contribution in [2.45, 2.75) is 64.1 Å². The highest BCUT2D eigenvalue weighted by atomic mass is 16.6. The van der Waals surface area contributed by atoms with Gasteiger partial charge in [0.1, 0.15) is 13.2 Å². The Kier molecular flexibility index (Phi) is 13.4. The van der Waals surface area contributed by atoms with Crippen molar-refractivity contribution in [2.75, 3.05) is 0 Å². The van der Waals surface area contributed by atoms with Gasteiger partial charge in [-0.1, -0.05) is 91.7 Å². The summed E-state index contributed by atoms with van der Waals surface area (Å²) in [4.78, 5) is 91.8. The number of hydrogen-bond acceptors (Lipinski definition) is 11. The van der Waals surface area contributed by atoms with E-state index in [1.54, 1.807) is 78.9 Å². The van der Waals surface area contributed by atoms with E-state index in [4.69, 9.17) is 18.9 Å². The number of unbranched alkanes of at least 4 members (excludes halogenated alkanes) is 3. The summed E-state index contributed by atoms with van der Waals surface area (Å²) >= 11 is 0. The van der Waals surface area contributed by atoms with Crippen LogP contribution < -0.4 is 17.1 Å². The van der Waals surface area contributed by atoms with Crippen LogP contribution in [0.15, 0.2) is 105 Å². The molecule has 0 fully saturated rings. The second-order valence-corrected chi connectivity index (χ2v) is 10.8. The van der Waals surface area contributed by atoms with Crippen molar-refractivity contribution in [2.24, 2.45) is 0 Å². The largest absolute Gasteiger partial charge is 0.458 e. The molecule has 0 radical (unpaired) electrons. The Morgan fingerprint density at radius 1 is 0.592 bits per heavy atom. The molecule has 0 unspecified atom stereocenters. The van der Waals surface area contributed by atoms with E-state index in [-0.39, 0.29) is 38.2 Å². The van der Waals surface area contributed by atoms with Crippen LogP contribution in [0.5, 0.6) is 0 Å². The van der Waals surface area contributed by atoms with Crippen molar-refractivity contribution >= 4 is 23.9 Å². The average molecular weight is 674 g/mol. The van der Waals surface area contributed by atoms with Crippen LogP contribution in [0.25, 0.3) is 0 Å². The molecular weight excluding hydrogens is 638 g/mol. The summed E-state index contributed by atoms with van der Waals surface area (Å²) in [6.07, 6.45) is -2.52. The maximum atomic E-state index is 13.4. The van der Waals surface area contributed by atoms with Crippen molar-refractivity contribution < 1.29 is 38.1 Å². The monoisotopic (exact) mass is 673 g/mol. The fourth-order valence-corrected chi connectivity index (χ4v) is 4.60. The summed E-state index contributed by atoms with van der Waals surface area (Å²) < 4.78 is 22.6. The molecule has 0 amide bonds. The van der Waals surface area contributed by atoms with E-state index < -0.39 is 53.2 Å². The Morgan fingerprint density at radius 2 is 1.06 bits per heavy atom. The van der Waals surface area contributed by atoms with Crippen LogP contribution in [-0.4, -0.2) is 50.6 Å². The van der Waals surface area contributed by atoms with Crippen LogP contribution >= 0.6 is 0 Å². The van der Waals surface area contributed by atoms with Crippen LogP contribution in [0.3, 0.4) is 0 Å². The molecule has 14 nitrogen and oxygen atoms in total. The number of ether oxygens (including phenoxy) is 4. The van der Waals surface area contributed by atoms with E-state index in [9.17, 15) is 33.6 Å². The number of hydrogen-bond donors (Lipinski definition) is 2. The highest BCUT2D eigenvalue weighted by Crippen LogP contribution is 2.17. The van der Waals surface area contributed by atoms with Gasteiger partial charge in [-0.05, 0) is 36.1 Å². The summed E-state index contributed by atoms with van der Waals surface area (Å²) in [6.45, 7) is -0.381. The topological polar surface area (TPSA) is 193 Å². The standard InChI is InChI=1S/C35H35N3O11/c39-27(20-12-1-2-13-21-38-34(44)36-33(43)37-35(38)45)48-28(31(41)46-22-24-14-6-3-7-15-24)29(49-30(40)26-18-10-5-11-19-26)32(42)47-23-25-16-8-4-9-17-25/h3-11,14-19,28-29H,1-2,12-13,20-23H2,(H2,36,37,43,44,45)/t28-,29-/m1/s1. The molecule has 0 aliphatic rings. The fraction of sp³-hybridized carbons (Fsp3) is 0.286. The van der Waals surface area contributed by atoms with Gasteiger partial charge in [0.15, 0.2) is 0 Å². The first-order chi connectivity index (χ1) is 23.7. The summed E-state index contributed by atoms with van der Waals surface area (Å²) in [5.74, 6) is -4.09. The van der Waals surface area contributed by atoms with Crippen molar-refractivity contribution in [3.63, 3.8) is 0 Å². The second-order valence-electron chi connectivity index (χ2n) is 10.8. The van der Waals surface area contributed by atoms with E-state index in [1.807, 2.05) is 9.97 Å². The number of aromatic nitrogens is 3. The lowest BCUT2D eigenvalue weighted by Gasteiger charge is -2.24. The maximum Gasteiger partial charge on any atom is 0.352 e. The number of esters is 4. The molecule has 14 heteroatoms. The molecule has 0 saturated carbocycles. The molecule has 1 heterocycles. The van der Waals surface area contributed by atoms with Crippen LogP contribution in [-0.2, 0) is 53.1 Å². The molecule has 0 saturated heterocycles. The first-order valence-corrected chi connectivity index (χ1v) is 15.5. The number of aromatic amines is 2. The van der Waals surface area contributed by atoms with Crippen molar-refractivity contribution in [3.05, 3.63) is 139 Å². The number of rotatable bonds is 17. The molecule has 0 bridgehead atoms. The van der Waals surface area contributed by atoms with E-state index in [0.29, 0.717) is 30.4 Å². The second kappa shape index (κ2) is 18.3. The number of carbonyl (C=O) groups is 4. The molecule has 4 rings (SSSR count). The Bertz CT molecular complexity index is 1840. The van der Waals surface area contributed by atoms with Gasteiger partial charge in [0.2, 0.25) is 12.2 Å². The molecule has 3 aromatic carbocycles. The maximum absolute atomic E-state index is 13.4. The van der Waals surface area contributed by atoms with E-state index in [2.05, 4.69) is 0 Å². The fourth-order valence-electron chi connectivity index (χ4n) is 4.60. The summed E-state index contributed by atoms with van der Waals surface area (Å²) in [5.41, 5.74) is -1.22. The molecule has 1 aromatic heterocycles. The Balaban J connectivity index is 1.45. The number of nitrogens with zero attached hydrogens (tertiary/aromatic N) is 1. The molecule has 0 spiro atoms. The molecule has 49 heavy (non-hydrogen) atoms. The minimum absolute atomic E-state index is 0.0459. The third-order valence-electron chi connectivity index (χ3n) is 7.13. The Morgan fingerprint density at radius 3 is 1.59 bits per heavy atom. The van der Waals surface area contributed by atoms with Crippen molar-refractivity contribution in [3.8, 4) is 0 Å². The minimum Gasteiger partial charge on any atom is -0.458 e. The van der Waals surface area contributed by atoms with Gasteiger partial charge in [-0.15, -0.1) is 0 Å². The molecular formula is C35H35N3O11. The highest BCUT2D eigenvalue weighted by molar-refractivity contribution is 5.94. The van der Waals surface area contributed by atoms with Crippen molar-refractivity contribution in [1.82, 2.24) is 14.5 Å². The number of H-pyrrole nitrogens is 2. The van der Waals surface area contributed by atoms with E-state index in [1.165, 1.54) is 12.1 Å².